The Balaban J connectivity index is 1.89. The second kappa shape index (κ2) is 6.37. The van der Waals surface area contributed by atoms with Gasteiger partial charge in [-0.15, -0.1) is 0 Å². The standard InChI is InChI=1S/C14H24N2O3/c17-12(9-11-5-4-8-15-10-11)16-14(13(18)19)6-2-1-3-7-14/h11,15H,1-10H2,(H,16,17)(H,18,19). The molecule has 3 N–H and O–H groups in total. The molecule has 5 nitrogen and oxygen atoms in total. The summed E-state index contributed by atoms with van der Waals surface area (Å²) in [6.07, 6.45) is 6.57. The topological polar surface area (TPSA) is 78.4 Å². The lowest BCUT2D eigenvalue weighted by Gasteiger charge is -2.34. The van der Waals surface area contributed by atoms with Gasteiger partial charge in [-0.25, -0.2) is 4.79 Å². The first kappa shape index (κ1) is 14.3. The van der Waals surface area contributed by atoms with Crippen molar-refractivity contribution in [2.24, 2.45) is 5.92 Å². The van der Waals surface area contributed by atoms with Gasteiger partial charge in [0.2, 0.25) is 5.91 Å². The van der Waals surface area contributed by atoms with Crippen LogP contribution in [0.3, 0.4) is 0 Å². The number of carboxylic acids is 1. The van der Waals surface area contributed by atoms with Crippen molar-refractivity contribution in [2.75, 3.05) is 13.1 Å². The Kier molecular flexibility index (Phi) is 4.80. The average Bonchev–Trinajstić information content (AvgIpc) is 2.40. The molecule has 1 saturated carbocycles. The van der Waals surface area contributed by atoms with E-state index in [4.69, 9.17) is 0 Å². The second-order valence-electron chi connectivity index (χ2n) is 5.91. The highest BCUT2D eigenvalue weighted by molar-refractivity contribution is 5.87. The minimum atomic E-state index is -1.00. The van der Waals surface area contributed by atoms with Gasteiger partial charge in [-0.2, -0.15) is 0 Å². The Morgan fingerprint density at radius 2 is 1.95 bits per heavy atom. The number of carbonyl (C=O) groups excluding carboxylic acids is 1. The van der Waals surface area contributed by atoms with Crippen LogP contribution in [0.4, 0.5) is 0 Å². The molecule has 0 aromatic heterocycles. The van der Waals surface area contributed by atoms with Crippen LogP contribution in [-0.2, 0) is 9.59 Å². The average molecular weight is 268 g/mol. The normalized spacial score (nSPS) is 26.6. The third-order valence-corrected chi connectivity index (χ3v) is 4.37. The number of aliphatic carboxylic acids is 1. The van der Waals surface area contributed by atoms with Crippen LogP contribution in [0.5, 0.6) is 0 Å². The van der Waals surface area contributed by atoms with Crippen molar-refractivity contribution < 1.29 is 14.7 Å². The molecular weight excluding hydrogens is 244 g/mol. The summed E-state index contributed by atoms with van der Waals surface area (Å²) in [4.78, 5) is 23.6. The van der Waals surface area contributed by atoms with Gasteiger partial charge in [0.15, 0.2) is 0 Å². The van der Waals surface area contributed by atoms with Gasteiger partial charge in [-0.3, -0.25) is 4.79 Å². The molecule has 0 aromatic carbocycles. The molecular formula is C14H24N2O3. The number of amides is 1. The quantitative estimate of drug-likeness (QED) is 0.717. The number of carboxylic acid groups (broad SMARTS) is 1. The zero-order chi connectivity index (χ0) is 13.7. The number of rotatable bonds is 4. The fraction of sp³-hybridized carbons (Fsp3) is 0.857. The van der Waals surface area contributed by atoms with E-state index in [1.54, 1.807) is 0 Å². The third-order valence-electron chi connectivity index (χ3n) is 4.37. The molecule has 19 heavy (non-hydrogen) atoms. The number of carbonyl (C=O) groups is 2. The van der Waals surface area contributed by atoms with E-state index < -0.39 is 11.5 Å². The predicted molar refractivity (Wildman–Crippen MR) is 71.8 cm³/mol. The van der Waals surface area contributed by atoms with Gasteiger partial charge in [-0.05, 0) is 44.7 Å². The summed E-state index contributed by atoms with van der Waals surface area (Å²) < 4.78 is 0. The molecule has 1 atom stereocenters. The maximum atomic E-state index is 12.1. The van der Waals surface area contributed by atoms with Crippen molar-refractivity contribution in [1.29, 1.82) is 0 Å². The molecule has 2 rings (SSSR count). The van der Waals surface area contributed by atoms with Crippen LogP contribution >= 0.6 is 0 Å². The molecule has 5 heteroatoms. The molecule has 2 aliphatic rings. The first-order valence-corrected chi connectivity index (χ1v) is 7.37. The fourth-order valence-corrected chi connectivity index (χ4v) is 3.23. The number of hydrogen-bond donors (Lipinski definition) is 3. The summed E-state index contributed by atoms with van der Waals surface area (Å²) in [6.45, 7) is 1.89. The monoisotopic (exact) mass is 268 g/mol. The van der Waals surface area contributed by atoms with Gasteiger partial charge in [0, 0.05) is 6.42 Å². The van der Waals surface area contributed by atoms with Gasteiger partial charge in [0.1, 0.15) is 5.54 Å². The van der Waals surface area contributed by atoms with Gasteiger partial charge in [0.05, 0.1) is 0 Å². The summed E-state index contributed by atoms with van der Waals surface area (Å²) in [6, 6.07) is 0. The summed E-state index contributed by atoms with van der Waals surface area (Å²) >= 11 is 0. The largest absolute Gasteiger partial charge is 0.480 e. The van der Waals surface area contributed by atoms with E-state index in [1.807, 2.05) is 0 Å². The van der Waals surface area contributed by atoms with Crippen LogP contribution in [0, 0.1) is 5.92 Å². The third kappa shape index (κ3) is 3.69. The maximum Gasteiger partial charge on any atom is 0.329 e. The van der Waals surface area contributed by atoms with Crippen molar-refractivity contribution in [3.8, 4) is 0 Å². The number of nitrogens with one attached hydrogen (secondary N) is 2. The predicted octanol–water partition coefficient (Wildman–Crippen LogP) is 1.28. The Labute approximate surface area is 114 Å². The Hall–Kier alpha value is -1.10. The van der Waals surface area contributed by atoms with Gasteiger partial charge in [-0.1, -0.05) is 19.3 Å². The molecule has 1 saturated heterocycles. The fourth-order valence-electron chi connectivity index (χ4n) is 3.23. The second-order valence-corrected chi connectivity index (χ2v) is 5.91. The molecule has 0 aromatic rings. The SMILES string of the molecule is O=C(CC1CCCNC1)NC1(C(=O)O)CCCCC1. The van der Waals surface area contributed by atoms with E-state index >= 15 is 0 Å². The van der Waals surface area contributed by atoms with Gasteiger partial charge >= 0.3 is 5.97 Å². The maximum absolute atomic E-state index is 12.1. The molecule has 2 fully saturated rings. The van der Waals surface area contributed by atoms with Crippen LogP contribution in [0.15, 0.2) is 0 Å². The van der Waals surface area contributed by atoms with Crippen molar-refractivity contribution >= 4 is 11.9 Å². The molecule has 1 aliphatic heterocycles. The van der Waals surface area contributed by atoms with Crippen LogP contribution in [0.25, 0.3) is 0 Å². The van der Waals surface area contributed by atoms with Crippen LogP contribution in [-0.4, -0.2) is 35.6 Å². The van der Waals surface area contributed by atoms with E-state index in [-0.39, 0.29) is 5.91 Å². The van der Waals surface area contributed by atoms with E-state index in [1.165, 1.54) is 0 Å². The lowest BCUT2D eigenvalue weighted by atomic mass is 9.81. The minimum absolute atomic E-state index is 0.0991. The first-order chi connectivity index (χ1) is 9.12. The molecule has 1 heterocycles. The van der Waals surface area contributed by atoms with Crippen LogP contribution in [0.1, 0.15) is 51.4 Å². The van der Waals surface area contributed by atoms with Crippen LogP contribution < -0.4 is 10.6 Å². The molecule has 0 spiro atoms. The molecule has 0 bridgehead atoms. The highest BCUT2D eigenvalue weighted by Gasteiger charge is 2.41. The molecule has 108 valence electrons. The summed E-state index contributed by atoms with van der Waals surface area (Å²) in [5.74, 6) is -0.622. The zero-order valence-corrected chi connectivity index (χ0v) is 11.4. The van der Waals surface area contributed by atoms with Crippen molar-refractivity contribution in [3.63, 3.8) is 0 Å². The summed E-state index contributed by atoms with van der Waals surface area (Å²) in [7, 11) is 0. The van der Waals surface area contributed by atoms with E-state index in [0.29, 0.717) is 25.2 Å². The summed E-state index contributed by atoms with van der Waals surface area (Å²) in [5.41, 5.74) is -1.00. The first-order valence-electron chi connectivity index (χ1n) is 7.37. The molecule has 1 unspecified atom stereocenters. The van der Waals surface area contributed by atoms with Crippen LogP contribution in [0.2, 0.25) is 0 Å². The minimum Gasteiger partial charge on any atom is -0.480 e. The van der Waals surface area contributed by atoms with Crippen molar-refractivity contribution in [3.05, 3.63) is 0 Å². The van der Waals surface area contributed by atoms with E-state index in [2.05, 4.69) is 10.6 Å². The number of piperidine rings is 1. The Morgan fingerprint density at radius 3 is 2.53 bits per heavy atom. The summed E-state index contributed by atoms with van der Waals surface area (Å²) in [5, 5.41) is 15.5. The van der Waals surface area contributed by atoms with E-state index in [0.717, 1.165) is 45.2 Å². The Morgan fingerprint density at radius 1 is 1.21 bits per heavy atom. The Bertz CT molecular complexity index is 332. The smallest absolute Gasteiger partial charge is 0.329 e. The van der Waals surface area contributed by atoms with Gasteiger partial charge < -0.3 is 15.7 Å². The highest BCUT2D eigenvalue weighted by Crippen LogP contribution is 2.29. The van der Waals surface area contributed by atoms with Crippen molar-refractivity contribution in [1.82, 2.24) is 10.6 Å². The molecule has 1 amide bonds. The molecule has 0 radical (unpaired) electrons. The van der Waals surface area contributed by atoms with E-state index in [9.17, 15) is 14.7 Å². The van der Waals surface area contributed by atoms with Crippen molar-refractivity contribution in [2.45, 2.75) is 56.9 Å². The lowest BCUT2D eigenvalue weighted by molar-refractivity contribution is -0.149. The van der Waals surface area contributed by atoms with Gasteiger partial charge in [0.25, 0.3) is 0 Å². The number of hydrogen-bond acceptors (Lipinski definition) is 3. The molecule has 1 aliphatic carbocycles. The zero-order valence-electron chi connectivity index (χ0n) is 11.4. The lowest BCUT2D eigenvalue weighted by Crippen LogP contribution is -2.56. The highest BCUT2D eigenvalue weighted by atomic mass is 16.4.